The summed E-state index contributed by atoms with van der Waals surface area (Å²) in [6, 6.07) is 20.9. The van der Waals surface area contributed by atoms with Crippen LogP contribution in [0.5, 0.6) is 11.5 Å². The van der Waals surface area contributed by atoms with Crippen molar-refractivity contribution in [2.24, 2.45) is 11.0 Å². The Bertz CT molecular complexity index is 1450. The van der Waals surface area contributed by atoms with Gasteiger partial charge in [-0.05, 0) is 30.2 Å². The van der Waals surface area contributed by atoms with E-state index < -0.39 is 11.9 Å². The number of benzene rings is 3. The van der Waals surface area contributed by atoms with Crippen LogP contribution >= 0.6 is 15.9 Å². The Kier molecular flexibility index (Phi) is 8.47. The van der Waals surface area contributed by atoms with E-state index in [0.29, 0.717) is 24.5 Å². The Morgan fingerprint density at radius 2 is 1.92 bits per heavy atom. The van der Waals surface area contributed by atoms with Crippen LogP contribution in [0.25, 0.3) is 0 Å². The summed E-state index contributed by atoms with van der Waals surface area (Å²) in [6.07, 6.45) is 1.57. The van der Waals surface area contributed by atoms with Gasteiger partial charge >= 0.3 is 127 Å². The Morgan fingerprint density at radius 3 is 2.67 bits per heavy atom. The van der Waals surface area contributed by atoms with Gasteiger partial charge < -0.3 is 0 Å². The van der Waals surface area contributed by atoms with Gasteiger partial charge in [-0.2, -0.15) is 5.10 Å². The van der Waals surface area contributed by atoms with Gasteiger partial charge in [0, 0.05) is 10.9 Å². The predicted octanol–water partition coefficient (Wildman–Crippen LogP) is 5.59. The van der Waals surface area contributed by atoms with E-state index in [1.165, 1.54) is 5.01 Å². The van der Waals surface area contributed by atoms with E-state index in [4.69, 9.17) is 19.8 Å². The van der Waals surface area contributed by atoms with E-state index in [-0.39, 0.29) is 33.3 Å². The molecule has 2 aliphatic heterocycles. The molecule has 5 rings (SSSR count). The molecule has 2 unspecified atom stereocenters. The topological polar surface area (TPSA) is 92.0 Å². The minimum atomic E-state index is -0.988. The number of amides is 1. The largest absolute Gasteiger partial charge is 0.0590 e. The SMILES string of the molecule is Cc1ccc(C2CC(c3ccc(Br)cc3)=NN2C(=O)C2Cc3ccc(OCCC[Se]C#N)cc3OC2=O)cc1. The van der Waals surface area contributed by atoms with Crippen LogP contribution in [0.2, 0.25) is 5.32 Å². The molecule has 2 atom stereocenters. The number of hydrogen-bond acceptors (Lipinski definition) is 6. The molecule has 2 heterocycles. The van der Waals surface area contributed by atoms with Gasteiger partial charge in [-0.25, -0.2) is 0 Å². The molecule has 0 saturated carbocycles. The maximum absolute atomic E-state index is 13.9. The molecule has 7 nitrogen and oxygen atoms in total. The Morgan fingerprint density at radius 1 is 1.15 bits per heavy atom. The van der Waals surface area contributed by atoms with Crippen molar-refractivity contribution in [3.63, 3.8) is 0 Å². The summed E-state index contributed by atoms with van der Waals surface area (Å²) < 4.78 is 12.4. The standard InChI is InChI=1S/C30H26BrN3O4Se/c1-19-3-5-21(6-4-19)27-17-26(20-7-10-23(31)11-8-20)33-34(27)29(35)25-15-22-9-12-24(16-28(22)38-30(25)36)37-13-2-14-39-18-32/h3-12,16,25,27H,2,13-15,17H2,1H3. The van der Waals surface area contributed by atoms with Crippen molar-refractivity contribution in [3.05, 3.63) is 93.5 Å². The number of esters is 1. The second kappa shape index (κ2) is 12.2. The van der Waals surface area contributed by atoms with Crippen molar-refractivity contribution in [2.45, 2.75) is 37.5 Å². The number of carbonyl (C=O) groups excluding carboxylic acids is 2. The molecule has 0 saturated heterocycles. The van der Waals surface area contributed by atoms with Crippen LogP contribution in [0.3, 0.4) is 0 Å². The average molecular weight is 651 g/mol. The summed E-state index contributed by atoms with van der Waals surface area (Å²) in [6.45, 7) is 2.51. The molecule has 1 amide bonds. The van der Waals surface area contributed by atoms with Crippen LogP contribution in [0.4, 0.5) is 0 Å². The van der Waals surface area contributed by atoms with Crippen LogP contribution in [0.15, 0.2) is 76.3 Å². The van der Waals surface area contributed by atoms with Crippen LogP contribution in [0.1, 0.15) is 41.1 Å². The van der Waals surface area contributed by atoms with E-state index in [1.807, 2.05) is 67.6 Å². The number of nitrogens with zero attached hydrogens (tertiary/aromatic N) is 3. The van der Waals surface area contributed by atoms with Gasteiger partial charge in [0.2, 0.25) is 0 Å². The summed E-state index contributed by atoms with van der Waals surface area (Å²) in [7, 11) is 0. The fraction of sp³-hybridized carbons (Fsp3) is 0.267. The van der Waals surface area contributed by atoms with Crippen LogP contribution in [-0.4, -0.2) is 44.2 Å². The number of nitriles is 1. The van der Waals surface area contributed by atoms with Crippen molar-refractivity contribution in [1.29, 1.82) is 5.26 Å². The number of halogens is 1. The Labute approximate surface area is 242 Å². The zero-order chi connectivity index (χ0) is 27.4. The van der Waals surface area contributed by atoms with Crippen molar-refractivity contribution < 1.29 is 19.1 Å². The predicted molar refractivity (Wildman–Crippen MR) is 152 cm³/mol. The first-order valence-corrected chi connectivity index (χ1v) is 15.5. The molecule has 0 N–H and O–H groups in total. The summed E-state index contributed by atoms with van der Waals surface area (Å²) in [5, 5.41) is 15.7. The van der Waals surface area contributed by atoms with Gasteiger partial charge in [0.15, 0.2) is 0 Å². The molecule has 3 aromatic carbocycles. The molecule has 39 heavy (non-hydrogen) atoms. The molecule has 0 bridgehead atoms. The third-order valence-corrected chi connectivity index (χ3v) is 8.59. The van der Waals surface area contributed by atoms with Gasteiger partial charge in [0.1, 0.15) is 0 Å². The molecule has 0 spiro atoms. The van der Waals surface area contributed by atoms with E-state index in [1.54, 1.807) is 6.07 Å². The zero-order valence-corrected chi connectivity index (χ0v) is 24.6. The van der Waals surface area contributed by atoms with Crippen molar-refractivity contribution in [2.75, 3.05) is 6.61 Å². The van der Waals surface area contributed by atoms with Crippen LogP contribution in [-0.2, 0) is 16.0 Å². The first kappa shape index (κ1) is 27.1. The summed E-state index contributed by atoms with van der Waals surface area (Å²) in [5.41, 5.74) is 4.60. The van der Waals surface area contributed by atoms with Crippen LogP contribution in [0, 0.1) is 23.1 Å². The number of hydrogen-bond donors (Lipinski definition) is 0. The van der Waals surface area contributed by atoms with Gasteiger partial charge in [-0.1, -0.05) is 57.9 Å². The maximum Gasteiger partial charge on any atom is -0.0566 e. The Balaban J connectivity index is 1.36. The van der Waals surface area contributed by atoms with Crippen molar-refractivity contribution >= 4 is 48.5 Å². The summed E-state index contributed by atoms with van der Waals surface area (Å²) in [5.74, 6) is -0.936. The number of hydrazone groups is 1. The smallest absolute Gasteiger partial charge is 0.0566 e. The molecule has 3 aromatic rings. The number of aryl methyl sites for hydroxylation is 1. The van der Waals surface area contributed by atoms with E-state index in [2.05, 4.69) is 20.9 Å². The van der Waals surface area contributed by atoms with Gasteiger partial charge in [-0.3, -0.25) is 0 Å². The van der Waals surface area contributed by atoms with Gasteiger partial charge in [0.05, 0.1) is 11.8 Å². The summed E-state index contributed by atoms with van der Waals surface area (Å²) in [4.78, 5) is 29.1. The fourth-order valence-corrected chi connectivity index (χ4v) is 5.67. The number of carbonyl (C=O) groups is 2. The second-order valence-corrected chi connectivity index (χ2v) is 12.2. The molecule has 2 aliphatic rings. The van der Waals surface area contributed by atoms with E-state index >= 15 is 0 Å². The molecule has 0 aliphatic carbocycles. The minimum Gasteiger partial charge on any atom is -0.0590 e. The van der Waals surface area contributed by atoms with E-state index in [9.17, 15) is 9.59 Å². The number of fused-ring (bicyclic) bond motifs is 1. The molecule has 198 valence electrons. The normalized spacial score (nSPS) is 18.1. The molecule has 0 radical (unpaired) electrons. The fourth-order valence-electron chi connectivity index (χ4n) is 4.66. The number of rotatable bonds is 8. The van der Waals surface area contributed by atoms with Crippen molar-refractivity contribution in [1.82, 2.24) is 5.01 Å². The van der Waals surface area contributed by atoms with Gasteiger partial charge in [0.25, 0.3) is 0 Å². The first-order valence-electron chi connectivity index (χ1n) is 12.6. The molecular formula is C30H26BrN3O4Se. The first-order chi connectivity index (χ1) is 18.9. The quantitative estimate of drug-likeness (QED) is 0.104. The molecule has 9 heteroatoms. The minimum absolute atomic E-state index is 0.0207. The number of ether oxygens (including phenoxy) is 2. The van der Waals surface area contributed by atoms with Crippen molar-refractivity contribution in [3.8, 4) is 16.5 Å². The summed E-state index contributed by atoms with van der Waals surface area (Å²) >= 11 is 3.45. The molecular weight excluding hydrogens is 625 g/mol. The third kappa shape index (κ3) is 6.25. The van der Waals surface area contributed by atoms with Gasteiger partial charge in [-0.15, -0.1) is 0 Å². The molecule has 0 aromatic heterocycles. The second-order valence-electron chi connectivity index (χ2n) is 9.46. The van der Waals surface area contributed by atoms with E-state index in [0.717, 1.165) is 44.2 Å². The maximum atomic E-state index is 13.9. The zero-order valence-electron chi connectivity index (χ0n) is 21.3. The third-order valence-electron chi connectivity index (χ3n) is 6.76. The monoisotopic (exact) mass is 651 g/mol. The van der Waals surface area contributed by atoms with Crippen LogP contribution < -0.4 is 9.47 Å². The Hall–Kier alpha value is -3.44. The molecule has 0 fully saturated rings. The average Bonchev–Trinajstić information content (AvgIpc) is 3.38.